The van der Waals surface area contributed by atoms with E-state index in [1.807, 2.05) is 61.5 Å². The minimum absolute atomic E-state index is 0.259. The minimum atomic E-state index is -0.299. The third kappa shape index (κ3) is 4.16. The van der Waals surface area contributed by atoms with E-state index >= 15 is 0 Å². The first-order chi connectivity index (χ1) is 11.7. The lowest BCUT2D eigenvalue weighted by atomic mass is 10.2. The van der Waals surface area contributed by atoms with Gasteiger partial charge in [0.05, 0.1) is 0 Å². The van der Waals surface area contributed by atoms with Crippen LogP contribution in [0.5, 0.6) is 5.88 Å². The number of benzene rings is 2. The number of anilines is 1. The summed E-state index contributed by atoms with van der Waals surface area (Å²) in [7, 11) is 0. The summed E-state index contributed by atoms with van der Waals surface area (Å²) in [6.45, 7) is 2.35. The van der Waals surface area contributed by atoms with Crippen LogP contribution in [-0.2, 0) is 6.61 Å². The molecule has 0 atom stereocenters. The third-order valence-electron chi connectivity index (χ3n) is 3.38. The van der Waals surface area contributed by atoms with Gasteiger partial charge >= 0.3 is 0 Å². The van der Waals surface area contributed by atoms with Gasteiger partial charge in [-0.1, -0.05) is 42.5 Å². The van der Waals surface area contributed by atoms with Gasteiger partial charge in [-0.3, -0.25) is 4.79 Å². The second kappa shape index (κ2) is 7.37. The number of aryl methyl sites for hydroxylation is 1. The van der Waals surface area contributed by atoms with Crippen molar-refractivity contribution in [2.45, 2.75) is 13.5 Å². The summed E-state index contributed by atoms with van der Waals surface area (Å²) in [5.74, 6) is 0.0656. The molecule has 0 spiro atoms. The molecule has 120 valence electrons. The molecule has 0 saturated heterocycles. The van der Waals surface area contributed by atoms with Crippen molar-refractivity contribution >= 4 is 11.6 Å². The molecule has 3 aromatic rings. The van der Waals surface area contributed by atoms with Crippen LogP contribution in [0, 0.1) is 6.92 Å². The van der Waals surface area contributed by atoms with Crippen molar-refractivity contribution in [3.63, 3.8) is 0 Å². The van der Waals surface area contributed by atoms with Gasteiger partial charge in [-0.15, -0.1) is 0 Å². The maximum atomic E-state index is 12.3. The maximum absolute atomic E-state index is 12.3. The standard InChI is InChI=1S/C19H17N3O2/c1-14-6-5-9-16(10-14)22-19(23)17-11-18(21-13-20-17)24-12-15-7-3-2-4-8-15/h2-11,13H,12H2,1H3,(H,22,23). The van der Waals surface area contributed by atoms with Crippen LogP contribution in [0.15, 0.2) is 67.0 Å². The van der Waals surface area contributed by atoms with Crippen LogP contribution in [-0.4, -0.2) is 15.9 Å². The number of rotatable bonds is 5. The average molecular weight is 319 g/mol. The SMILES string of the molecule is Cc1cccc(NC(=O)c2cc(OCc3ccccc3)ncn2)c1. The highest BCUT2D eigenvalue weighted by Crippen LogP contribution is 2.13. The van der Waals surface area contributed by atoms with Crippen molar-refractivity contribution in [1.29, 1.82) is 0 Å². The number of nitrogens with zero attached hydrogens (tertiary/aromatic N) is 2. The van der Waals surface area contributed by atoms with Gasteiger partial charge in [-0.2, -0.15) is 0 Å². The summed E-state index contributed by atoms with van der Waals surface area (Å²) >= 11 is 0. The first-order valence-electron chi connectivity index (χ1n) is 7.57. The molecule has 0 fully saturated rings. The summed E-state index contributed by atoms with van der Waals surface area (Å²) in [4.78, 5) is 20.3. The van der Waals surface area contributed by atoms with Gasteiger partial charge in [-0.05, 0) is 30.2 Å². The number of hydrogen-bond acceptors (Lipinski definition) is 4. The highest BCUT2D eigenvalue weighted by atomic mass is 16.5. The Hall–Kier alpha value is -3.21. The minimum Gasteiger partial charge on any atom is -0.473 e. The molecule has 0 aliphatic heterocycles. The quantitative estimate of drug-likeness (QED) is 0.780. The Labute approximate surface area is 140 Å². The molecular formula is C19H17N3O2. The predicted octanol–water partition coefficient (Wildman–Crippen LogP) is 3.62. The number of nitrogens with one attached hydrogen (secondary N) is 1. The van der Waals surface area contributed by atoms with Crippen LogP contribution in [0.3, 0.4) is 0 Å². The molecule has 1 amide bonds. The molecule has 5 heteroatoms. The summed E-state index contributed by atoms with van der Waals surface area (Å²) in [6, 6.07) is 18.9. The summed E-state index contributed by atoms with van der Waals surface area (Å²) in [5.41, 5.74) is 3.09. The van der Waals surface area contributed by atoms with Crippen molar-refractivity contribution in [1.82, 2.24) is 9.97 Å². The van der Waals surface area contributed by atoms with Crippen LogP contribution < -0.4 is 10.1 Å². The van der Waals surface area contributed by atoms with Crippen LogP contribution in [0.1, 0.15) is 21.6 Å². The van der Waals surface area contributed by atoms with Crippen LogP contribution in [0.2, 0.25) is 0 Å². The molecule has 0 aliphatic carbocycles. The summed E-state index contributed by atoms with van der Waals surface area (Å²) in [6.07, 6.45) is 1.32. The molecule has 0 radical (unpaired) electrons. The lowest BCUT2D eigenvalue weighted by Crippen LogP contribution is -2.14. The van der Waals surface area contributed by atoms with Crippen LogP contribution in [0.25, 0.3) is 0 Å². The first-order valence-corrected chi connectivity index (χ1v) is 7.57. The smallest absolute Gasteiger partial charge is 0.274 e. The average Bonchev–Trinajstić information content (AvgIpc) is 2.61. The largest absolute Gasteiger partial charge is 0.473 e. The molecule has 3 rings (SSSR count). The Bertz CT molecular complexity index is 835. The zero-order chi connectivity index (χ0) is 16.8. The molecule has 0 unspecified atom stereocenters. The molecule has 0 bridgehead atoms. The van der Waals surface area contributed by atoms with E-state index in [-0.39, 0.29) is 11.6 Å². The topological polar surface area (TPSA) is 64.1 Å². The van der Waals surface area contributed by atoms with Crippen molar-refractivity contribution < 1.29 is 9.53 Å². The van der Waals surface area contributed by atoms with Gasteiger partial charge in [0.1, 0.15) is 18.6 Å². The highest BCUT2D eigenvalue weighted by molar-refractivity contribution is 6.02. The molecular weight excluding hydrogens is 302 g/mol. The van der Waals surface area contributed by atoms with E-state index < -0.39 is 0 Å². The molecule has 5 nitrogen and oxygen atoms in total. The Kier molecular flexibility index (Phi) is 4.81. The molecule has 0 aliphatic rings. The van der Waals surface area contributed by atoms with Gasteiger partial charge in [0.25, 0.3) is 5.91 Å². The van der Waals surface area contributed by atoms with Crippen molar-refractivity contribution in [3.05, 3.63) is 83.8 Å². The zero-order valence-corrected chi connectivity index (χ0v) is 13.3. The fraction of sp³-hybridized carbons (Fsp3) is 0.105. The Morgan fingerprint density at radius 2 is 1.88 bits per heavy atom. The predicted molar refractivity (Wildman–Crippen MR) is 91.9 cm³/mol. The lowest BCUT2D eigenvalue weighted by Gasteiger charge is -2.08. The number of hydrogen-bond donors (Lipinski definition) is 1. The maximum Gasteiger partial charge on any atom is 0.274 e. The fourth-order valence-electron chi connectivity index (χ4n) is 2.19. The van der Waals surface area contributed by atoms with Gasteiger partial charge in [0.15, 0.2) is 0 Å². The van der Waals surface area contributed by atoms with Gasteiger partial charge in [0.2, 0.25) is 5.88 Å². The first kappa shape index (κ1) is 15.7. The van der Waals surface area contributed by atoms with Gasteiger partial charge in [-0.25, -0.2) is 9.97 Å². The Balaban J connectivity index is 1.67. The van der Waals surface area contributed by atoms with Gasteiger partial charge < -0.3 is 10.1 Å². The third-order valence-corrected chi connectivity index (χ3v) is 3.38. The van der Waals surface area contributed by atoms with E-state index in [1.54, 1.807) is 0 Å². The van der Waals surface area contributed by atoms with Crippen molar-refractivity contribution in [3.8, 4) is 5.88 Å². The Morgan fingerprint density at radius 1 is 1.04 bits per heavy atom. The van der Waals surface area contributed by atoms with E-state index in [4.69, 9.17) is 4.74 Å². The lowest BCUT2D eigenvalue weighted by molar-refractivity contribution is 0.102. The van der Waals surface area contributed by atoms with Crippen LogP contribution >= 0.6 is 0 Å². The number of amides is 1. The van der Waals surface area contributed by atoms with E-state index in [9.17, 15) is 4.79 Å². The van der Waals surface area contributed by atoms with Gasteiger partial charge in [0, 0.05) is 11.8 Å². The van der Waals surface area contributed by atoms with E-state index in [0.717, 1.165) is 16.8 Å². The monoisotopic (exact) mass is 319 g/mol. The normalized spacial score (nSPS) is 10.2. The second-order valence-electron chi connectivity index (χ2n) is 5.34. The molecule has 1 heterocycles. The number of ether oxygens (including phenoxy) is 1. The Morgan fingerprint density at radius 3 is 2.67 bits per heavy atom. The number of carbonyl (C=O) groups excluding carboxylic acids is 1. The van der Waals surface area contributed by atoms with Crippen LogP contribution in [0.4, 0.5) is 5.69 Å². The van der Waals surface area contributed by atoms with E-state index in [2.05, 4.69) is 15.3 Å². The van der Waals surface area contributed by atoms with Crippen molar-refractivity contribution in [2.24, 2.45) is 0 Å². The molecule has 0 saturated carbocycles. The second-order valence-corrected chi connectivity index (χ2v) is 5.34. The number of aromatic nitrogens is 2. The van der Waals surface area contributed by atoms with E-state index in [1.165, 1.54) is 12.4 Å². The zero-order valence-electron chi connectivity index (χ0n) is 13.3. The molecule has 24 heavy (non-hydrogen) atoms. The summed E-state index contributed by atoms with van der Waals surface area (Å²) < 4.78 is 5.62. The molecule has 1 N–H and O–H groups in total. The number of carbonyl (C=O) groups is 1. The molecule has 2 aromatic carbocycles. The highest BCUT2D eigenvalue weighted by Gasteiger charge is 2.10. The summed E-state index contributed by atoms with van der Waals surface area (Å²) in [5, 5.41) is 2.82. The van der Waals surface area contributed by atoms with E-state index in [0.29, 0.717) is 12.5 Å². The molecule has 1 aromatic heterocycles. The van der Waals surface area contributed by atoms with Crippen molar-refractivity contribution in [2.75, 3.05) is 5.32 Å². The fourth-order valence-corrected chi connectivity index (χ4v) is 2.19.